The molecule has 1 aromatic heterocycles. The number of phenols is 1. The number of hydrogen-bond donors (Lipinski definition) is 15. The number of nitrogens with zero attached hydrogens (tertiary/aromatic N) is 1. The van der Waals surface area contributed by atoms with Crippen molar-refractivity contribution >= 4 is 81.9 Å². The van der Waals surface area contributed by atoms with Crippen molar-refractivity contribution in [2.24, 2.45) is 29.0 Å². The first-order valence-corrected chi connectivity index (χ1v) is 31.5. The first-order chi connectivity index (χ1) is 45.2. The molecule has 2 heterocycles. The average Bonchev–Trinajstić information content (AvgIpc) is 1.78. The number of nitrogens with one attached hydrogen (secondary N) is 9. The van der Waals surface area contributed by atoms with Crippen LogP contribution >= 0.6 is 0 Å². The minimum Gasteiger partial charge on any atom is -0.508 e. The number of carboxylic acid groups (broad SMARTS) is 2. The van der Waals surface area contributed by atoms with Gasteiger partial charge in [-0.3, -0.25) is 52.7 Å². The van der Waals surface area contributed by atoms with Crippen LogP contribution in [0.3, 0.4) is 0 Å². The Balaban J connectivity index is 1.24. The Morgan fingerprint density at radius 3 is 1.58 bits per heavy atom. The van der Waals surface area contributed by atoms with Gasteiger partial charge in [-0.15, -0.1) is 0 Å². The number of phenolic OH excluding ortho intramolecular Hbond substituents is 1. The number of aromatic nitrogens is 1. The van der Waals surface area contributed by atoms with Gasteiger partial charge in [-0.05, 0) is 90.9 Å². The van der Waals surface area contributed by atoms with Crippen LogP contribution in [-0.4, -0.2) is 170 Å². The van der Waals surface area contributed by atoms with E-state index >= 15 is 4.79 Å². The zero-order valence-electron chi connectivity index (χ0n) is 53.5. The van der Waals surface area contributed by atoms with E-state index in [-0.39, 0.29) is 75.6 Å². The fraction of sp³-hybridized carbons (Fsp3) is 0.433. The number of aromatic amines is 1. The third-order valence-corrected chi connectivity index (χ3v) is 16.1. The molecule has 0 aliphatic carbocycles. The number of nitrogens with two attached hydrogens (primary N) is 3. The predicted octanol–water partition coefficient (Wildman–Crippen LogP) is 0.217. The second-order valence-electron chi connectivity index (χ2n) is 24.4. The number of hydrogen-bond acceptors (Lipinski definition) is 15. The summed E-state index contributed by atoms with van der Waals surface area (Å²) in [6.45, 7) is 7.38. The number of aromatic hydroxyl groups is 1. The lowest BCUT2D eigenvalue weighted by Crippen LogP contribution is -2.61. The summed E-state index contributed by atoms with van der Waals surface area (Å²) in [5.74, 6) is -12.7. The number of carbonyl (C=O) groups excluding carboxylic acids is 10. The third kappa shape index (κ3) is 22.5. The van der Waals surface area contributed by atoms with E-state index in [1.54, 1.807) is 117 Å². The summed E-state index contributed by atoms with van der Waals surface area (Å²) in [5.41, 5.74) is 20.2. The highest BCUT2D eigenvalue weighted by Gasteiger charge is 2.41. The minimum absolute atomic E-state index is 0.0252. The van der Waals surface area contributed by atoms with E-state index in [4.69, 9.17) is 17.2 Å². The molecule has 95 heavy (non-hydrogen) atoms. The molecular formula is C67H87N13O15. The summed E-state index contributed by atoms with van der Waals surface area (Å²) in [6, 6.07) is 15.2. The predicted molar refractivity (Wildman–Crippen MR) is 349 cm³/mol. The molecule has 28 heteroatoms. The van der Waals surface area contributed by atoms with E-state index in [1.165, 1.54) is 17.0 Å². The van der Waals surface area contributed by atoms with Crippen LogP contribution in [0.5, 0.6) is 5.75 Å². The molecule has 1 fully saturated rings. The first-order valence-electron chi connectivity index (χ1n) is 31.5. The number of benzene rings is 4. The number of rotatable bonds is 36. The van der Waals surface area contributed by atoms with E-state index < -0.39 is 144 Å². The van der Waals surface area contributed by atoms with Crippen molar-refractivity contribution in [3.63, 3.8) is 0 Å². The van der Waals surface area contributed by atoms with Gasteiger partial charge in [0.25, 0.3) is 0 Å². The Kier molecular flexibility index (Phi) is 27.8. The number of para-hydroxylation sites is 1. The molecule has 0 radical (unpaired) electrons. The van der Waals surface area contributed by atoms with Gasteiger partial charge in [0, 0.05) is 49.3 Å². The molecule has 510 valence electrons. The second kappa shape index (κ2) is 35.7. The van der Waals surface area contributed by atoms with Crippen LogP contribution in [0.25, 0.3) is 10.9 Å². The summed E-state index contributed by atoms with van der Waals surface area (Å²) >= 11 is 0. The fourth-order valence-electron chi connectivity index (χ4n) is 11.0. The lowest BCUT2D eigenvalue weighted by Gasteiger charge is -2.31. The lowest BCUT2D eigenvalue weighted by molar-refractivity contribution is -0.144. The number of carboxylic acids is 2. The standard InChI is InChI=1S/C67H87N13O15/c1-37(2)29-47(73-58(85)46(21-13-27-68)72-65(92)57(70)38(3)4)59(86)78-52(32-41-23-25-43(81)26-24-41)66(93)80-28-14-22-54(80)64(91)77-49(31-40-17-9-6-10-18-40)61(88)74-48(30-39-15-7-5-8-16-39)60(87)75-50(34-55(69)82)62(89)76-51(35-56(83)84)63(90)79-53(67(94)95)33-42-36-71-45-20-12-11-19-44(42)45/h5-12,15-20,23-26,36-38,46-54,57,71,81H,13-14,21-22,27-35,68,70H2,1-4H3,(H2,69,82)(H,72,92)(H,73,85)(H,74,88)(H,75,87)(H,76,89)(H,77,91)(H,78,86)(H,79,90)(H,83,84)(H,94,95). The smallest absolute Gasteiger partial charge is 0.326 e. The molecule has 6 rings (SSSR count). The van der Waals surface area contributed by atoms with Gasteiger partial charge < -0.3 is 84.9 Å². The van der Waals surface area contributed by atoms with Crippen molar-refractivity contribution in [2.75, 3.05) is 13.1 Å². The number of carbonyl (C=O) groups is 12. The summed E-state index contributed by atoms with van der Waals surface area (Å²) in [5, 5.41) is 51.4. The molecule has 1 aliphatic rings. The van der Waals surface area contributed by atoms with Crippen molar-refractivity contribution < 1.29 is 72.9 Å². The van der Waals surface area contributed by atoms with Gasteiger partial charge in [-0.2, -0.15) is 0 Å². The molecule has 0 spiro atoms. The number of primary amides is 1. The number of aliphatic carboxylic acids is 2. The van der Waals surface area contributed by atoms with Crippen LogP contribution < -0.4 is 59.7 Å². The van der Waals surface area contributed by atoms with Crippen LogP contribution in [0.15, 0.2) is 115 Å². The summed E-state index contributed by atoms with van der Waals surface area (Å²) < 4.78 is 0. The van der Waals surface area contributed by atoms with Crippen molar-refractivity contribution in [1.82, 2.24) is 52.4 Å². The number of amides is 10. The van der Waals surface area contributed by atoms with Crippen molar-refractivity contribution in [3.8, 4) is 5.75 Å². The van der Waals surface area contributed by atoms with E-state index in [0.29, 0.717) is 46.0 Å². The molecule has 0 saturated carbocycles. The quantitative estimate of drug-likeness (QED) is 0.0255. The maximum Gasteiger partial charge on any atom is 0.326 e. The summed E-state index contributed by atoms with van der Waals surface area (Å²) in [7, 11) is 0. The van der Waals surface area contributed by atoms with Gasteiger partial charge in [0.15, 0.2) is 0 Å². The van der Waals surface area contributed by atoms with E-state index in [0.717, 1.165) is 0 Å². The van der Waals surface area contributed by atoms with Crippen molar-refractivity contribution in [1.29, 1.82) is 0 Å². The second-order valence-corrected chi connectivity index (χ2v) is 24.4. The van der Waals surface area contributed by atoms with Gasteiger partial charge >= 0.3 is 11.9 Å². The molecule has 1 aliphatic heterocycles. The van der Waals surface area contributed by atoms with Gasteiger partial charge in [-0.1, -0.05) is 119 Å². The van der Waals surface area contributed by atoms with Gasteiger partial charge in [0.1, 0.15) is 60.1 Å². The molecule has 4 aromatic carbocycles. The average molecular weight is 1310 g/mol. The SMILES string of the molecule is CC(C)CC(NC(=O)C(CCCN)NC(=O)C(N)C(C)C)C(=O)NC(Cc1ccc(O)cc1)C(=O)N1CCCC1C(=O)NC(Cc1ccccc1)C(=O)NC(Cc1ccccc1)C(=O)NC(CC(N)=O)C(=O)NC(CC(=O)O)C(=O)NC(Cc1c[nH]c2ccccc12)C(=O)O. The molecule has 10 atom stereocenters. The Morgan fingerprint density at radius 1 is 0.547 bits per heavy atom. The molecule has 5 aromatic rings. The molecule has 18 N–H and O–H groups in total. The molecule has 10 unspecified atom stereocenters. The lowest BCUT2D eigenvalue weighted by atomic mass is 9.99. The molecule has 1 saturated heterocycles. The monoisotopic (exact) mass is 1310 g/mol. The zero-order valence-corrected chi connectivity index (χ0v) is 53.5. The van der Waals surface area contributed by atoms with Gasteiger partial charge in [-0.25, -0.2) is 4.79 Å². The van der Waals surface area contributed by atoms with E-state index in [2.05, 4.69) is 47.5 Å². The van der Waals surface area contributed by atoms with Crippen LogP contribution in [-0.2, 0) is 83.2 Å². The largest absolute Gasteiger partial charge is 0.508 e. The Bertz CT molecular complexity index is 3500. The van der Waals surface area contributed by atoms with E-state index in [1.807, 2.05) is 13.8 Å². The van der Waals surface area contributed by atoms with Crippen LogP contribution in [0.1, 0.15) is 94.9 Å². The maximum atomic E-state index is 15.1. The first kappa shape index (κ1) is 73.8. The van der Waals surface area contributed by atoms with Crippen LogP contribution in [0.4, 0.5) is 0 Å². The van der Waals surface area contributed by atoms with Gasteiger partial charge in [0.05, 0.1) is 18.9 Å². The number of fused-ring (bicyclic) bond motifs is 1. The summed E-state index contributed by atoms with van der Waals surface area (Å²) in [4.78, 5) is 170. The van der Waals surface area contributed by atoms with Crippen molar-refractivity contribution in [2.45, 2.75) is 159 Å². The van der Waals surface area contributed by atoms with Crippen LogP contribution in [0.2, 0.25) is 0 Å². The minimum atomic E-state index is -1.96. The van der Waals surface area contributed by atoms with E-state index in [9.17, 15) is 68.1 Å². The van der Waals surface area contributed by atoms with Gasteiger partial charge in [0.2, 0.25) is 59.1 Å². The summed E-state index contributed by atoms with van der Waals surface area (Å²) in [6.07, 6.45) is -0.290. The Morgan fingerprint density at radius 2 is 1.02 bits per heavy atom. The molecule has 28 nitrogen and oxygen atoms in total. The fourth-order valence-corrected chi connectivity index (χ4v) is 11.0. The highest BCUT2D eigenvalue weighted by molar-refractivity contribution is 6.00. The highest BCUT2D eigenvalue weighted by Crippen LogP contribution is 2.23. The Labute approximate surface area is 549 Å². The molecule has 10 amide bonds. The highest BCUT2D eigenvalue weighted by atomic mass is 16.4. The topological polar surface area (TPSA) is 459 Å². The third-order valence-electron chi connectivity index (χ3n) is 16.1. The van der Waals surface area contributed by atoms with Crippen molar-refractivity contribution in [3.05, 3.63) is 138 Å². The number of likely N-dealkylation sites (tertiary alicyclic amines) is 1. The molecular weight excluding hydrogens is 1230 g/mol. The molecule has 0 bridgehead atoms. The van der Waals surface area contributed by atoms with Crippen LogP contribution in [0, 0.1) is 11.8 Å². The normalized spacial score (nSPS) is 15.7. The zero-order chi connectivity index (χ0) is 69.5. The Hall–Kier alpha value is -10.2. The maximum absolute atomic E-state index is 15.1. The number of H-pyrrole nitrogens is 1.